The van der Waals surface area contributed by atoms with Crippen LogP contribution in [0.15, 0.2) is 51.7 Å². The van der Waals surface area contributed by atoms with Gasteiger partial charge in [-0.25, -0.2) is 4.79 Å². The Labute approximate surface area is 161 Å². The van der Waals surface area contributed by atoms with E-state index in [2.05, 4.69) is 20.4 Å². The standard InChI is InChI=1S/C20H21N5O3/c1-2-21-17-7-8-18(23-22-17)24-9-11-25(12-10-24)19(26)15-13-14-5-3-4-6-16(14)28-20(15)27/h3-8,13H,2,9-12H2,1H3,(H,21,22). The van der Waals surface area contributed by atoms with E-state index in [-0.39, 0.29) is 11.5 Å². The predicted molar refractivity (Wildman–Crippen MR) is 107 cm³/mol. The lowest BCUT2D eigenvalue weighted by molar-refractivity contribution is 0.0742. The summed E-state index contributed by atoms with van der Waals surface area (Å²) in [6, 6.07) is 12.6. The van der Waals surface area contributed by atoms with Crippen molar-refractivity contribution in [2.24, 2.45) is 0 Å². The molecular weight excluding hydrogens is 358 g/mol. The molecule has 1 N–H and O–H groups in total. The van der Waals surface area contributed by atoms with Gasteiger partial charge in [0.25, 0.3) is 5.91 Å². The average molecular weight is 379 g/mol. The number of rotatable bonds is 4. The molecule has 1 amide bonds. The SMILES string of the molecule is CCNc1ccc(N2CCN(C(=O)c3cc4ccccc4oc3=O)CC2)nn1. The monoisotopic (exact) mass is 379 g/mol. The molecule has 0 atom stereocenters. The number of aromatic nitrogens is 2. The van der Waals surface area contributed by atoms with Crippen LogP contribution in [0, 0.1) is 0 Å². The number of anilines is 2. The normalized spacial score (nSPS) is 14.3. The van der Waals surface area contributed by atoms with Gasteiger partial charge < -0.3 is 19.5 Å². The quantitative estimate of drug-likeness (QED) is 0.693. The Balaban J connectivity index is 1.45. The molecule has 3 heterocycles. The van der Waals surface area contributed by atoms with E-state index in [1.807, 2.05) is 31.2 Å². The van der Waals surface area contributed by atoms with Gasteiger partial charge in [0.05, 0.1) is 0 Å². The third-order valence-corrected chi connectivity index (χ3v) is 4.77. The van der Waals surface area contributed by atoms with E-state index in [1.165, 1.54) is 0 Å². The van der Waals surface area contributed by atoms with Gasteiger partial charge in [-0.2, -0.15) is 0 Å². The van der Waals surface area contributed by atoms with Crippen molar-refractivity contribution >= 4 is 28.5 Å². The van der Waals surface area contributed by atoms with Crippen molar-refractivity contribution in [3.05, 3.63) is 58.4 Å². The van der Waals surface area contributed by atoms with Gasteiger partial charge in [0.15, 0.2) is 5.82 Å². The maximum Gasteiger partial charge on any atom is 0.349 e. The molecule has 3 aromatic rings. The van der Waals surface area contributed by atoms with Gasteiger partial charge in [-0.05, 0) is 31.2 Å². The van der Waals surface area contributed by atoms with Crippen LogP contribution in [0.1, 0.15) is 17.3 Å². The molecule has 1 aliphatic rings. The number of carbonyl (C=O) groups excluding carboxylic acids is 1. The number of para-hydroxylation sites is 1. The Bertz CT molecular complexity index is 1040. The smallest absolute Gasteiger partial charge is 0.349 e. The van der Waals surface area contributed by atoms with Crippen molar-refractivity contribution < 1.29 is 9.21 Å². The molecule has 2 aromatic heterocycles. The molecule has 1 saturated heterocycles. The Morgan fingerprint density at radius 1 is 1.11 bits per heavy atom. The lowest BCUT2D eigenvalue weighted by Crippen LogP contribution is -2.49. The zero-order valence-corrected chi connectivity index (χ0v) is 15.6. The van der Waals surface area contributed by atoms with Crippen molar-refractivity contribution in [1.82, 2.24) is 15.1 Å². The van der Waals surface area contributed by atoms with E-state index in [4.69, 9.17) is 4.42 Å². The first-order chi connectivity index (χ1) is 13.7. The van der Waals surface area contributed by atoms with Crippen LogP contribution in [-0.2, 0) is 0 Å². The molecule has 0 radical (unpaired) electrons. The first-order valence-corrected chi connectivity index (χ1v) is 9.30. The van der Waals surface area contributed by atoms with Crippen molar-refractivity contribution in [3.63, 3.8) is 0 Å². The number of carbonyl (C=O) groups is 1. The molecule has 0 aliphatic carbocycles. The summed E-state index contributed by atoms with van der Waals surface area (Å²) in [4.78, 5) is 28.8. The van der Waals surface area contributed by atoms with Gasteiger partial charge in [0.1, 0.15) is 17.0 Å². The lowest BCUT2D eigenvalue weighted by atomic mass is 10.1. The maximum atomic E-state index is 12.8. The number of piperazine rings is 1. The molecule has 1 aliphatic heterocycles. The van der Waals surface area contributed by atoms with E-state index in [0.29, 0.717) is 31.8 Å². The molecule has 8 heteroatoms. The molecule has 0 spiro atoms. The second kappa shape index (κ2) is 7.67. The summed E-state index contributed by atoms with van der Waals surface area (Å²) in [7, 11) is 0. The fourth-order valence-electron chi connectivity index (χ4n) is 3.29. The molecule has 4 rings (SSSR count). The predicted octanol–water partition coefficient (Wildman–Crippen LogP) is 1.98. The van der Waals surface area contributed by atoms with E-state index in [1.54, 1.807) is 23.1 Å². The summed E-state index contributed by atoms with van der Waals surface area (Å²) < 4.78 is 5.29. The molecule has 1 aromatic carbocycles. The van der Waals surface area contributed by atoms with Gasteiger partial charge in [0.2, 0.25) is 0 Å². The Kier molecular flexibility index (Phi) is 4.92. The van der Waals surface area contributed by atoms with Crippen molar-refractivity contribution in [3.8, 4) is 0 Å². The Morgan fingerprint density at radius 2 is 1.89 bits per heavy atom. The Hall–Kier alpha value is -3.42. The second-order valence-corrected chi connectivity index (χ2v) is 6.57. The zero-order chi connectivity index (χ0) is 19.5. The summed E-state index contributed by atoms with van der Waals surface area (Å²) in [6.07, 6.45) is 0. The van der Waals surface area contributed by atoms with Crippen LogP contribution in [0.4, 0.5) is 11.6 Å². The minimum atomic E-state index is -0.601. The van der Waals surface area contributed by atoms with Gasteiger partial charge in [0, 0.05) is 38.1 Å². The number of amides is 1. The summed E-state index contributed by atoms with van der Waals surface area (Å²) in [5.74, 6) is 1.22. The third kappa shape index (κ3) is 3.53. The zero-order valence-electron chi connectivity index (χ0n) is 15.6. The minimum absolute atomic E-state index is 0.0712. The second-order valence-electron chi connectivity index (χ2n) is 6.57. The van der Waals surface area contributed by atoms with Crippen molar-refractivity contribution in [2.45, 2.75) is 6.92 Å². The largest absolute Gasteiger partial charge is 0.422 e. The number of fused-ring (bicyclic) bond motifs is 1. The number of hydrogen-bond acceptors (Lipinski definition) is 7. The number of nitrogens with one attached hydrogen (secondary N) is 1. The highest BCUT2D eigenvalue weighted by Crippen LogP contribution is 2.17. The maximum absolute atomic E-state index is 12.8. The summed E-state index contributed by atoms with van der Waals surface area (Å²) in [5, 5.41) is 12.2. The first kappa shape index (κ1) is 18.0. The molecule has 28 heavy (non-hydrogen) atoms. The Morgan fingerprint density at radius 3 is 2.61 bits per heavy atom. The number of benzene rings is 1. The molecule has 8 nitrogen and oxygen atoms in total. The molecule has 0 unspecified atom stereocenters. The van der Waals surface area contributed by atoms with Gasteiger partial charge >= 0.3 is 5.63 Å². The van der Waals surface area contributed by atoms with Crippen LogP contribution in [0.25, 0.3) is 11.0 Å². The molecule has 0 bridgehead atoms. The van der Waals surface area contributed by atoms with E-state index in [9.17, 15) is 9.59 Å². The highest BCUT2D eigenvalue weighted by Gasteiger charge is 2.25. The van der Waals surface area contributed by atoms with Crippen LogP contribution in [0.3, 0.4) is 0 Å². The highest BCUT2D eigenvalue weighted by atomic mass is 16.4. The van der Waals surface area contributed by atoms with Gasteiger partial charge in [-0.1, -0.05) is 18.2 Å². The first-order valence-electron chi connectivity index (χ1n) is 9.30. The topological polar surface area (TPSA) is 91.6 Å². The van der Waals surface area contributed by atoms with Crippen molar-refractivity contribution in [1.29, 1.82) is 0 Å². The van der Waals surface area contributed by atoms with Gasteiger partial charge in [-0.15, -0.1) is 10.2 Å². The fraction of sp³-hybridized carbons (Fsp3) is 0.300. The summed E-state index contributed by atoms with van der Waals surface area (Å²) >= 11 is 0. The fourth-order valence-corrected chi connectivity index (χ4v) is 3.29. The van der Waals surface area contributed by atoms with E-state index >= 15 is 0 Å². The van der Waals surface area contributed by atoms with Gasteiger partial charge in [-0.3, -0.25) is 4.79 Å². The van der Waals surface area contributed by atoms with Crippen LogP contribution in [0.5, 0.6) is 0 Å². The number of nitrogens with zero attached hydrogens (tertiary/aromatic N) is 4. The van der Waals surface area contributed by atoms with Crippen LogP contribution in [0.2, 0.25) is 0 Å². The summed E-state index contributed by atoms with van der Waals surface area (Å²) in [6.45, 7) is 5.04. The molecule has 1 fully saturated rings. The lowest BCUT2D eigenvalue weighted by Gasteiger charge is -2.35. The van der Waals surface area contributed by atoms with E-state index in [0.717, 1.165) is 23.6 Å². The summed E-state index contributed by atoms with van der Waals surface area (Å²) in [5.41, 5.74) is -0.0496. The molecular formula is C20H21N5O3. The minimum Gasteiger partial charge on any atom is -0.422 e. The van der Waals surface area contributed by atoms with Crippen LogP contribution in [-0.4, -0.2) is 53.7 Å². The van der Waals surface area contributed by atoms with Crippen LogP contribution >= 0.6 is 0 Å². The van der Waals surface area contributed by atoms with Crippen LogP contribution < -0.4 is 15.8 Å². The number of hydrogen-bond donors (Lipinski definition) is 1. The molecule has 144 valence electrons. The van der Waals surface area contributed by atoms with Crippen molar-refractivity contribution in [2.75, 3.05) is 42.9 Å². The third-order valence-electron chi connectivity index (χ3n) is 4.77. The average Bonchev–Trinajstić information content (AvgIpc) is 2.74. The van der Waals surface area contributed by atoms with E-state index < -0.39 is 5.63 Å². The molecule has 0 saturated carbocycles. The highest BCUT2D eigenvalue weighted by molar-refractivity contribution is 5.96.